The molecule has 0 fully saturated rings. The van der Waals surface area contributed by atoms with E-state index in [-0.39, 0.29) is 0 Å². The van der Waals surface area contributed by atoms with Gasteiger partial charge < -0.3 is 4.55 Å². The Morgan fingerprint density at radius 1 is 1.83 bits per heavy atom. The van der Waals surface area contributed by atoms with Crippen molar-refractivity contribution in [3.05, 3.63) is 10.9 Å². The van der Waals surface area contributed by atoms with Gasteiger partial charge in [-0.2, -0.15) is 0 Å². The molecule has 0 aromatic carbocycles. The van der Waals surface area contributed by atoms with E-state index in [1.807, 2.05) is 0 Å². The van der Waals surface area contributed by atoms with E-state index in [1.54, 1.807) is 0 Å². The number of halogens is 1. The predicted octanol–water partition coefficient (Wildman–Crippen LogP) is 0.576. The standard InChI is InChI=1S/C2H3ClO2S/c3-1-2-6(4)5/h1-2H,(H,4,5)/p-1. The summed E-state index contributed by atoms with van der Waals surface area (Å²) < 4.78 is 18.9. The quantitative estimate of drug-likeness (QED) is 0.481. The van der Waals surface area contributed by atoms with E-state index in [2.05, 4.69) is 0 Å². The van der Waals surface area contributed by atoms with Crippen molar-refractivity contribution in [1.82, 2.24) is 0 Å². The zero-order valence-electron chi connectivity index (χ0n) is 2.76. The van der Waals surface area contributed by atoms with Crippen LogP contribution < -0.4 is 0 Å². The molecule has 0 saturated carbocycles. The van der Waals surface area contributed by atoms with Crippen LogP contribution in [0.2, 0.25) is 0 Å². The summed E-state index contributed by atoms with van der Waals surface area (Å²) in [5.41, 5.74) is 0.934. The minimum Gasteiger partial charge on any atom is -0.769 e. The van der Waals surface area contributed by atoms with Gasteiger partial charge in [0.2, 0.25) is 0 Å². The molecule has 0 radical (unpaired) electrons. The van der Waals surface area contributed by atoms with E-state index < -0.39 is 11.1 Å². The van der Waals surface area contributed by atoms with Gasteiger partial charge in [0, 0.05) is 5.54 Å². The van der Waals surface area contributed by atoms with Crippen LogP contribution in [0.25, 0.3) is 0 Å². The Labute approximate surface area is 43.1 Å². The third-order valence-electron chi connectivity index (χ3n) is 0.163. The largest absolute Gasteiger partial charge is 0.769 e. The average molecular weight is 126 g/mol. The van der Waals surface area contributed by atoms with Gasteiger partial charge in [-0.3, -0.25) is 4.21 Å². The molecule has 0 aromatic heterocycles. The zero-order valence-corrected chi connectivity index (χ0v) is 4.33. The minimum absolute atomic E-state index is 0.849. The average Bonchev–Trinajstić information content (AvgIpc) is 1.35. The molecular weight excluding hydrogens is 124 g/mol. The van der Waals surface area contributed by atoms with Crippen molar-refractivity contribution in [1.29, 1.82) is 0 Å². The number of hydrogen-bond acceptors (Lipinski definition) is 2. The fraction of sp³-hybridized carbons (Fsp3) is 0. The Balaban J connectivity index is 3.30. The van der Waals surface area contributed by atoms with E-state index in [4.69, 9.17) is 11.6 Å². The van der Waals surface area contributed by atoms with Crippen LogP contribution in [-0.2, 0) is 11.1 Å². The molecule has 0 aliphatic heterocycles. The molecule has 1 unspecified atom stereocenters. The van der Waals surface area contributed by atoms with Crippen LogP contribution in [-0.4, -0.2) is 8.76 Å². The summed E-state index contributed by atoms with van der Waals surface area (Å²) in [6.45, 7) is 0. The summed E-state index contributed by atoms with van der Waals surface area (Å²) in [5.74, 6) is 0. The first-order valence-electron chi connectivity index (χ1n) is 1.12. The van der Waals surface area contributed by atoms with Crippen molar-refractivity contribution in [3.8, 4) is 0 Å². The summed E-state index contributed by atoms with van der Waals surface area (Å²) in [4.78, 5) is 0. The summed E-state index contributed by atoms with van der Waals surface area (Å²) in [6.07, 6.45) is 0. The monoisotopic (exact) mass is 125 g/mol. The van der Waals surface area contributed by atoms with E-state index in [0.717, 1.165) is 10.9 Å². The lowest BCUT2D eigenvalue weighted by Gasteiger charge is -1.89. The van der Waals surface area contributed by atoms with Crippen molar-refractivity contribution in [2.45, 2.75) is 0 Å². The van der Waals surface area contributed by atoms with E-state index in [1.165, 1.54) is 0 Å². The van der Waals surface area contributed by atoms with Crippen molar-refractivity contribution in [2.75, 3.05) is 0 Å². The Morgan fingerprint density at radius 3 is 2.33 bits per heavy atom. The van der Waals surface area contributed by atoms with Gasteiger partial charge in [-0.05, 0) is 16.5 Å². The Kier molecular flexibility index (Phi) is 3.41. The number of rotatable bonds is 1. The highest BCUT2D eigenvalue weighted by molar-refractivity contribution is 7.82. The smallest absolute Gasteiger partial charge is 0.0119 e. The van der Waals surface area contributed by atoms with Gasteiger partial charge in [0.1, 0.15) is 0 Å². The second-order valence-corrected chi connectivity index (χ2v) is 1.57. The Morgan fingerprint density at radius 2 is 2.33 bits per heavy atom. The third kappa shape index (κ3) is 4.14. The second kappa shape index (κ2) is 3.33. The molecule has 0 aromatic rings. The van der Waals surface area contributed by atoms with Gasteiger partial charge in [-0.15, -0.1) is 0 Å². The van der Waals surface area contributed by atoms with Crippen LogP contribution >= 0.6 is 11.6 Å². The summed E-state index contributed by atoms with van der Waals surface area (Å²) in [6, 6.07) is 0. The van der Waals surface area contributed by atoms with Crippen molar-refractivity contribution < 1.29 is 8.76 Å². The molecule has 0 bridgehead atoms. The molecule has 2 nitrogen and oxygen atoms in total. The van der Waals surface area contributed by atoms with Gasteiger partial charge in [-0.25, -0.2) is 0 Å². The molecule has 0 rings (SSSR count). The third-order valence-corrected chi connectivity index (χ3v) is 0.796. The normalized spacial score (nSPS) is 15.7. The highest BCUT2D eigenvalue weighted by atomic mass is 35.5. The summed E-state index contributed by atoms with van der Waals surface area (Å²) >= 11 is 2.69. The van der Waals surface area contributed by atoms with Crippen molar-refractivity contribution >= 4 is 22.7 Å². The second-order valence-electron chi connectivity index (χ2n) is 0.523. The molecule has 0 aliphatic carbocycles. The highest BCUT2D eigenvalue weighted by Crippen LogP contribution is 1.79. The van der Waals surface area contributed by atoms with Gasteiger partial charge in [0.25, 0.3) is 0 Å². The summed E-state index contributed by atoms with van der Waals surface area (Å²) in [5, 5.41) is 0.849. The molecule has 1 atom stereocenters. The first-order valence-corrected chi connectivity index (χ1v) is 2.70. The van der Waals surface area contributed by atoms with Crippen LogP contribution in [0.15, 0.2) is 10.9 Å². The van der Waals surface area contributed by atoms with Crippen LogP contribution in [0.5, 0.6) is 0 Å². The molecule has 0 spiro atoms. The zero-order chi connectivity index (χ0) is 4.99. The first-order chi connectivity index (χ1) is 2.77. The van der Waals surface area contributed by atoms with E-state index >= 15 is 0 Å². The van der Waals surface area contributed by atoms with Crippen molar-refractivity contribution in [2.24, 2.45) is 0 Å². The maximum absolute atomic E-state index is 9.43. The molecule has 0 saturated heterocycles. The predicted molar refractivity (Wildman–Crippen MR) is 23.9 cm³/mol. The molecular formula is C2H2ClO2S-. The lowest BCUT2D eigenvalue weighted by Crippen LogP contribution is -1.73. The van der Waals surface area contributed by atoms with Gasteiger partial charge in [-0.1, -0.05) is 11.6 Å². The maximum Gasteiger partial charge on any atom is 0.0119 e. The molecule has 6 heavy (non-hydrogen) atoms. The molecule has 36 valence electrons. The fourth-order valence-corrected chi connectivity index (χ4v) is 0.378. The van der Waals surface area contributed by atoms with E-state index in [9.17, 15) is 8.76 Å². The lowest BCUT2D eigenvalue weighted by molar-refractivity contribution is 0.546. The minimum atomic E-state index is -2.13. The van der Waals surface area contributed by atoms with Crippen LogP contribution in [0.3, 0.4) is 0 Å². The fourth-order valence-electron chi connectivity index (χ4n) is 0.0420. The SMILES string of the molecule is O=S([O-])C=CCl. The molecule has 4 heteroatoms. The van der Waals surface area contributed by atoms with Gasteiger partial charge >= 0.3 is 0 Å². The lowest BCUT2D eigenvalue weighted by atomic mass is 11.3. The summed E-state index contributed by atoms with van der Waals surface area (Å²) in [7, 11) is 0. The van der Waals surface area contributed by atoms with Crippen LogP contribution in [0.4, 0.5) is 0 Å². The molecule has 0 amide bonds. The first kappa shape index (κ1) is 6.14. The molecule has 0 heterocycles. The molecule has 0 aliphatic rings. The van der Waals surface area contributed by atoms with E-state index in [0.29, 0.717) is 0 Å². The Bertz CT molecular complexity index is 79.6. The Hall–Kier alpha value is 0.140. The number of hydrogen-bond donors (Lipinski definition) is 0. The highest BCUT2D eigenvalue weighted by Gasteiger charge is 1.59. The molecule has 0 N–H and O–H groups in total. The van der Waals surface area contributed by atoms with Crippen LogP contribution in [0, 0.1) is 0 Å². The van der Waals surface area contributed by atoms with Gasteiger partial charge in [0.15, 0.2) is 0 Å². The van der Waals surface area contributed by atoms with Gasteiger partial charge in [0.05, 0.1) is 0 Å². The topological polar surface area (TPSA) is 40.1 Å². The van der Waals surface area contributed by atoms with Crippen molar-refractivity contribution in [3.63, 3.8) is 0 Å². The maximum atomic E-state index is 9.43. The van der Waals surface area contributed by atoms with Crippen LogP contribution in [0.1, 0.15) is 0 Å².